The number of nitrogens with two attached hydrogens (primary N) is 1. The van der Waals surface area contributed by atoms with Crippen LogP contribution in [0.15, 0.2) is 24.3 Å². The minimum absolute atomic E-state index is 0.602. The summed E-state index contributed by atoms with van der Waals surface area (Å²) in [5.74, 6) is 0.899. The van der Waals surface area contributed by atoms with Crippen LogP contribution in [0.1, 0.15) is 18.3 Å². The second kappa shape index (κ2) is 5.89. The van der Waals surface area contributed by atoms with Crippen molar-refractivity contribution in [1.29, 1.82) is 0 Å². The third-order valence-electron chi connectivity index (χ3n) is 3.18. The Morgan fingerprint density at radius 2 is 1.89 bits per heavy atom. The molecular weight excluding hydrogens is 238 g/mol. The van der Waals surface area contributed by atoms with E-state index < -0.39 is 0 Å². The Kier molecular flexibility index (Phi) is 4.22. The predicted molar refractivity (Wildman–Crippen MR) is 77.4 cm³/mol. The predicted octanol–water partition coefficient (Wildman–Crippen LogP) is 2.52. The summed E-state index contributed by atoms with van der Waals surface area (Å²) in [6, 6.07) is 8.15. The number of hydrogen-bond donors (Lipinski definition) is 1. The van der Waals surface area contributed by atoms with Gasteiger partial charge in [-0.05, 0) is 38.5 Å². The average molecular weight is 259 g/mol. The van der Waals surface area contributed by atoms with E-state index in [1.54, 1.807) is 0 Å². The van der Waals surface area contributed by atoms with Gasteiger partial charge in [-0.3, -0.25) is 4.68 Å². The number of ether oxygens (including phenoxy) is 1. The Morgan fingerprint density at radius 1 is 1.21 bits per heavy atom. The van der Waals surface area contributed by atoms with Gasteiger partial charge >= 0.3 is 0 Å². The maximum absolute atomic E-state index is 5.60. The van der Waals surface area contributed by atoms with Crippen LogP contribution in [0.25, 0.3) is 11.1 Å². The fraction of sp³-hybridized carbons (Fsp3) is 0.400. The van der Waals surface area contributed by atoms with E-state index in [-0.39, 0.29) is 0 Å². The van der Waals surface area contributed by atoms with Crippen LogP contribution in [0.5, 0.6) is 5.75 Å². The van der Waals surface area contributed by atoms with Gasteiger partial charge in [-0.15, -0.1) is 0 Å². The molecule has 4 nitrogen and oxygen atoms in total. The molecule has 0 atom stereocenters. The van der Waals surface area contributed by atoms with Crippen LogP contribution in [-0.2, 0) is 6.54 Å². The van der Waals surface area contributed by atoms with Crippen molar-refractivity contribution in [2.24, 2.45) is 5.73 Å². The van der Waals surface area contributed by atoms with Gasteiger partial charge in [0.1, 0.15) is 5.75 Å². The number of aryl methyl sites for hydroxylation is 1. The molecule has 0 aliphatic heterocycles. The number of nitrogens with zero attached hydrogens (tertiary/aromatic N) is 2. The molecule has 0 radical (unpaired) electrons. The summed E-state index contributed by atoms with van der Waals surface area (Å²) >= 11 is 0. The molecule has 102 valence electrons. The number of rotatable bonds is 5. The second-order valence-electron chi connectivity index (χ2n) is 4.52. The van der Waals surface area contributed by atoms with Gasteiger partial charge in [0.2, 0.25) is 0 Å². The first-order chi connectivity index (χ1) is 9.17. The van der Waals surface area contributed by atoms with Gasteiger partial charge in [0.15, 0.2) is 0 Å². The van der Waals surface area contributed by atoms with Gasteiger partial charge < -0.3 is 10.5 Å². The van der Waals surface area contributed by atoms with Gasteiger partial charge in [0.25, 0.3) is 0 Å². The minimum Gasteiger partial charge on any atom is -0.494 e. The Morgan fingerprint density at radius 3 is 2.47 bits per heavy atom. The zero-order chi connectivity index (χ0) is 13.8. The maximum Gasteiger partial charge on any atom is 0.119 e. The molecule has 19 heavy (non-hydrogen) atoms. The lowest BCUT2D eigenvalue weighted by Gasteiger charge is -2.06. The van der Waals surface area contributed by atoms with Crippen LogP contribution in [0, 0.1) is 13.8 Å². The molecule has 0 bridgehead atoms. The van der Waals surface area contributed by atoms with Crippen LogP contribution in [0.3, 0.4) is 0 Å². The molecule has 0 aliphatic carbocycles. The van der Waals surface area contributed by atoms with Crippen molar-refractivity contribution in [3.63, 3.8) is 0 Å². The first kappa shape index (κ1) is 13.6. The van der Waals surface area contributed by atoms with Gasteiger partial charge in [-0.1, -0.05) is 12.1 Å². The van der Waals surface area contributed by atoms with E-state index in [9.17, 15) is 0 Å². The molecule has 2 N–H and O–H groups in total. The Labute approximate surface area is 114 Å². The third-order valence-corrected chi connectivity index (χ3v) is 3.18. The fourth-order valence-electron chi connectivity index (χ4n) is 2.34. The lowest BCUT2D eigenvalue weighted by atomic mass is 10.0. The molecule has 0 saturated heterocycles. The van der Waals surface area contributed by atoms with Crippen molar-refractivity contribution in [3.05, 3.63) is 35.7 Å². The van der Waals surface area contributed by atoms with Gasteiger partial charge in [0.05, 0.1) is 18.8 Å². The molecule has 4 heteroatoms. The molecule has 0 fully saturated rings. The Bertz CT molecular complexity index is 543. The van der Waals surface area contributed by atoms with E-state index in [0.717, 1.165) is 23.7 Å². The summed E-state index contributed by atoms with van der Waals surface area (Å²) in [5.41, 5.74) is 10.2. The van der Waals surface area contributed by atoms with Crippen molar-refractivity contribution < 1.29 is 4.74 Å². The molecule has 1 aromatic carbocycles. The number of benzene rings is 1. The Hall–Kier alpha value is -1.81. The lowest BCUT2D eigenvalue weighted by Crippen LogP contribution is -2.12. The SMILES string of the molecule is CCOc1ccc(-c2c(C)nn(CCN)c2C)cc1. The van der Waals surface area contributed by atoms with Crippen LogP contribution in [0.4, 0.5) is 0 Å². The lowest BCUT2D eigenvalue weighted by molar-refractivity contribution is 0.340. The molecule has 0 aliphatic rings. The van der Waals surface area contributed by atoms with E-state index in [1.807, 2.05) is 30.7 Å². The Balaban J connectivity index is 2.35. The second-order valence-corrected chi connectivity index (χ2v) is 4.52. The molecule has 1 aromatic heterocycles. The normalized spacial score (nSPS) is 10.7. The standard InChI is InChI=1S/C15H21N3O/c1-4-19-14-7-5-13(6-8-14)15-11(2)17-18(10-9-16)12(15)3/h5-8H,4,9-10,16H2,1-3H3. The van der Waals surface area contributed by atoms with Crippen LogP contribution in [-0.4, -0.2) is 22.9 Å². The van der Waals surface area contributed by atoms with Crippen molar-refractivity contribution in [2.75, 3.05) is 13.2 Å². The highest BCUT2D eigenvalue weighted by atomic mass is 16.5. The zero-order valence-electron chi connectivity index (χ0n) is 11.8. The van der Waals surface area contributed by atoms with Gasteiger partial charge in [-0.25, -0.2) is 0 Å². The van der Waals surface area contributed by atoms with Crippen LogP contribution < -0.4 is 10.5 Å². The molecule has 0 spiro atoms. The van der Waals surface area contributed by atoms with Gasteiger partial charge in [0, 0.05) is 17.8 Å². The van der Waals surface area contributed by atoms with Crippen LogP contribution in [0.2, 0.25) is 0 Å². The van der Waals surface area contributed by atoms with Crippen LogP contribution >= 0.6 is 0 Å². The summed E-state index contributed by atoms with van der Waals surface area (Å²) in [6.45, 7) is 8.15. The highest BCUT2D eigenvalue weighted by Gasteiger charge is 2.12. The van der Waals surface area contributed by atoms with E-state index in [0.29, 0.717) is 13.2 Å². The van der Waals surface area contributed by atoms with E-state index in [2.05, 4.69) is 24.2 Å². The number of hydrogen-bond acceptors (Lipinski definition) is 3. The molecule has 0 saturated carbocycles. The van der Waals surface area contributed by atoms with Gasteiger partial charge in [-0.2, -0.15) is 5.10 Å². The van der Waals surface area contributed by atoms with E-state index in [4.69, 9.17) is 10.5 Å². The summed E-state index contributed by atoms with van der Waals surface area (Å²) in [5, 5.41) is 4.54. The summed E-state index contributed by atoms with van der Waals surface area (Å²) in [4.78, 5) is 0. The van der Waals surface area contributed by atoms with Crippen molar-refractivity contribution in [3.8, 4) is 16.9 Å². The fourth-order valence-corrected chi connectivity index (χ4v) is 2.34. The third kappa shape index (κ3) is 2.79. The first-order valence-corrected chi connectivity index (χ1v) is 6.64. The minimum atomic E-state index is 0.602. The van der Waals surface area contributed by atoms with Crippen molar-refractivity contribution in [1.82, 2.24) is 9.78 Å². The van der Waals surface area contributed by atoms with E-state index in [1.165, 1.54) is 11.1 Å². The average Bonchev–Trinajstić information content (AvgIpc) is 2.67. The quantitative estimate of drug-likeness (QED) is 0.897. The monoisotopic (exact) mass is 259 g/mol. The highest BCUT2D eigenvalue weighted by Crippen LogP contribution is 2.28. The van der Waals surface area contributed by atoms with Crippen molar-refractivity contribution in [2.45, 2.75) is 27.3 Å². The largest absolute Gasteiger partial charge is 0.494 e. The van der Waals surface area contributed by atoms with Crippen molar-refractivity contribution >= 4 is 0 Å². The zero-order valence-corrected chi connectivity index (χ0v) is 11.8. The van der Waals surface area contributed by atoms with E-state index >= 15 is 0 Å². The molecular formula is C15H21N3O. The summed E-state index contributed by atoms with van der Waals surface area (Å²) in [6.07, 6.45) is 0. The molecule has 2 aromatic rings. The highest BCUT2D eigenvalue weighted by molar-refractivity contribution is 5.69. The molecule has 1 heterocycles. The summed E-state index contributed by atoms with van der Waals surface area (Å²) in [7, 11) is 0. The molecule has 0 unspecified atom stereocenters. The maximum atomic E-state index is 5.60. The number of aromatic nitrogens is 2. The molecule has 0 amide bonds. The first-order valence-electron chi connectivity index (χ1n) is 6.64. The topological polar surface area (TPSA) is 53.1 Å². The molecule has 2 rings (SSSR count). The summed E-state index contributed by atoms with van der Waals surface area (Å²) < 4.78 is 7.44. The smallest absolute Gasteiger partial charge is 0.119 e.